The second-order valence-electron chi connectivity index (χ2n) is 17.6. The van der Waals surface area contributed by atoms with Gasteiger partial charge in [0.1, 0.15) is 30.5 Å². The van der Waals surface area contributed by atoms with Crippen molar-refractivity contribution >= 4 is 5.97 Å². The Morgan fingerprint density at radius 3 is 1.48 bits per heavy atom. The molecule has 1 rings (SSSR count). The minimum atomic E-state index is -1.54. The summed E-state index contributed by atoms with van der Waals surface area (Å²) < 4.78 is 22.9. The van der Waals surface area contributed by atoms with E-state index >= 15 is 0 Å². The van der Waals surface area contributed by atoms with Crippen molar-refractivity contribution in [3.8, 4) is 0 Å². The number of ether oxygens (including phenoxy) is 4. The predicted octanol–water partition coefficient (Wildman–Crippen LogP) is 12.5. The summed E-state index contributed by atoms with van der Waals surface area (Å²) in [7, 11) is 0. The van der Waals surface area contributed by atoms with Gasteiger partial charge >= 0.3 is 5.97 Å². The predicted molar refractivity (Wildman–Crippen MR) is 256 cm³/mol. The summed E-state index contributed by atoms with van der Waals surface area (Å²) in [6.07, 6.45) is 48.5. The smallest absolute Gasteiger partial charge is 0.306 e. The van der Waals surface area contributed by atoms with Crippen LogP contribution in [0.5, 0.6) is 0 Å². The van der Waals surface area contributed by atoms with Gasteiger partial charge in [-0.15, -0.1) is 0 Å². The molecule has 1 heterocycles. The molecule has 6 unspecified atom stereocenters. The zero-order chi connectivity index (χ0) is 45.0. The lowest BCUT2D eigenvalue weighted by atomic mass is 9.99. The van der Waals surface area contributed by atoms with Crippen LogP contribution in [-0.4, -0.2) is 89.6 Å². The summed E-state index contributed by atoms with van der Waals surface area (Å²) in [5.74, 6) is -0.313. The average Bonchev–Trinajstić information content (AvgIpc) is 3.27. The first-order valence-corrected chi connectivity index (χ1v) is 25.7. The molecule has 1 fully saturated rings. The number of allylic oxidation sites excluding steroid dienone is 8. The number of aliphatic hydroxyl groups is 4. The summed E-state index contributed by atoms with van der Waals surface area (Å²) in [6.45, 7) is 4.46. The summed E-state index contributed by atoms with van der Waals surface area (Å²) in [6, 6.07) is 0. The summed E-state index contributed by atoms with van der Waals surface area (Å²) in [4.78, 5) is 12.8. The molecule has 1 aliphatic heterocycles. The first-order chi connectivity index (χ1) is 30.4. The lowest BCUT2D eigenvalue weighted by molar-refractivity contribution is -0.305. The normalized spacial score (nSPS) is 20.1. The third kappa shape index (κ3) is 34.5. The quantitative estimate of drug-likeness (QED) is 0.0268. The van der Waals surface area contributed by atoms with E-state index in [1.54, 1.807) is 0 Å². The van der Waals surface area contributed by atoms with E-state index in [1.807, 2.05) is 0 Å². The number of esters is 1. The maximum absolute atomic E-state index is 12.8. The van der Waals surface area contributed by atoms with Crippen molar-refractivity contribution in [3.63, 3.8) is 0 Å². The molecule has 0 aliphatic carbocycles. The van der Waals surface area contributed by atoms with Crippen LogP contribution in [-0.2, 0) is 23.7 Å². The van der Waals surface area contributed by atoms with Crippen LogP contribution in [0, 0.1) is 0 Å². The molecule has 0 aromatic rings. The summed E-state index contributed by atoms with van der Waals surface area (Å²) in [5.41, 5.74) is 0. The Morgan fingerprint density at radius 2 is 0.984 bits per heavy atom. The number of hydrogen-bond donors (Lipinski definition) is 4. The Bertz CT molecular complexity index is 1090. The van der Waals surface area contributed by atoms with E-state index < -0.39 is 43.4 Å². The zero-order valence-corrected chi connectivity index (χ0v) is 39.9. The van der Waals surface area contributed by atoms with Crippen molar-refractivity contribution in [2.24, 2.45) is 0 Å². The largest absolute Gasteiger partial charge is 0.457 e. The van der Waals surface area contributed by atoms with Crippen LogP contribution >= 0.6 is 0 Å². The standard InChI is InChI=1S/C53H96O9/c1-3-5-7-9-11-13-15-17-19-21-22-23-24-25-27-29-31-33-35-37-39-41-43-59-45-47(46-60-53-52(58)51(57)50(56)48(44-54)62-53)61-49(55)42-40-38-36-34-32-30-28-26-20-18-16-14-12-10-8-6-4-2/h5,7,11,13,17,19,22-23,47-48,50-54,56-58H,3-4,6,8-10,12,14-16,18,20-21,24-46H2,1-2H3/b7-5-,13-11-,19-17-,23-22-. The van der Waals surface area contributed by atoms with Gasteiger partial charge in [0.2, 0.25) is 0 Å². The SMILES string of the molecule is CC/C=C\C/C=C\C/C=C\C/C=C\CCCCCCCCCCCOCC(COC1OC(CO)C(O)C(O)C1O)OC(=O)CCCCCCCCCCCCCCCCCCC. The van der Waals surface area contributed by atoms with Gasteiger partial charge in [-0.2, -0.15) is 0 Å². The number of rotatable bonds is 44. The fraction of sp³-hybridized carbons (Fsp3) is 0.830. The molecular weight excluding hydrogens is 781 g/mol. The number of hydrogen-bond acceptors (Lipinski definition) is 9. The highest BCUT2D eigenvalue weighted by atomic mass is 16.7. The Morgan fingerprint density at radius 1 is 0.532 bits per heavy atom. The average molecular weight is 877 g/mol. The van der Waals surface area contributed by atoms with Gasteiger partial charge in [-0.25, -0.2) is 0 Å². The molecule has 62 heavy (non-hydrogen) atoms. The maximum atomic E-state index is 12.8. The van der Waals surface area contributed by atoms with Gasteiger partial charge in [-0.05, 0) is 51.4 Å². The maximum Gasteiger partial charge on any atom is 0.306 e. The highest BCUT2D eigenvalue weighted by molar-refractivity contribution is 5.69. The number of carbonyl (C=O) groups is 1. The van der Waals surface area contributed by atoms with Crippen LogP contribution in [0.25, 0.3) is 0 Å². The van der Waals surface area contributed by atoms with Gasteiger partial charge < -0.3 is 39.4 Å². The minimum Gasteiger partial charge on any atom is -0.457 e. The van der Waals surface area contributed by atoms with Crippen LogP contribution in [0.2, 0.25) is 0 Å². The van der Waals surface area contributed by atoms with Gasteiger partial charge in [0.15, 0.2) is 6.29 Å². The summed E-state index contributed by atoms with van der Waals surface area (Å²) in [5, 5.41) is 40.2. The lowest BCUT2D eigenvalue weighted by Crippen LogP contribution is -2.59. The Hall–Kier alpha value is -1.85. The van der Waals surface area contributed by atoms with Gasteiger partial charge in [-0.3, -0.25) is 4.79 Å². The van der Waals surface area contributed by atoms with Gasteiger partial charge in [0.05, 0.1) is 19.8 Å². The first-order valence-electron chi connectivity index (χ1n) is 25.7. The number of aliphatic hydroxyl groups excluding tert-OH is 4. The molecule has 0 radical (unpaired) electrons. The van der Waals surface area contributed by atoms with E-state index in [4.69, 9.17) is 18.9 Å². The van der Waals surface area contributed by atoms with E-state index in [2.05, 4.69) is 62.5 Å². The molecule has 6 atom stereocenters. The molecule has 0 spiro atoms. The fourth-order valence-corrected chi connectivity index (χ4v) is 7.78. The molecule has 0 aromatic heterocycles. The molecular formula is C53H96O9. The molecule has 1 aliphatic rings. The number of carbonyl (C=O) groups excluding carboxylic acids is 1. The van der Waals surface area contributed by atoms with Crippen LogP contribution in [0.3, 0.4) is 0 Å². The Labute approximate surface area is 380 Å². The fourth-order valence-electron chi connectivity index (χ4n) is 7.78. The van der Waals surface area contributed by atoms with Crippen molar-refractivity contribution in [3.05, 3.63) is 48.6 Å². The first kappa shape index (κ1) is 58.2. The second-order valence-corrected chi connectivity index (χ2v) is 17.6. The molecule has 0 amide bonds. The van der Waals surface area contributed by atoms with E-state index in [9.17, 15) is 25.2 Å². The van der Waals surface area contributed by atoms with Gasteiger partial charge in [0, 0.05) is 13.0 Å². The van der Waals surface area contributed by atoms with E-state index in [1.165, 1.54) is 135 Å². The van der Waals surface area contributed by atoms with Gasteiger partial charge in [0.25, 0.3) is 0 Å². The number of unbranched alkanes of at least 4 members (excludes halogenated alkanes) is 25. The third-order valence-electron chi connectivity index (χ3n) is 11.8. The van der Waals surface area contributed by atoms with Crippen molar-refractivity contribution in [1.29, 1.82) is 0 Å². The van der Waals surface area contributed by atoms with Crippen LogP contribution in [0.15, 0.2) is 48.6 Å². The van der Waals surface area contributed by atoms with Crippen molar-refractivity contribution in [2.45, 2.75) is 256 Å². The molecule has 0 aromatic carbocycles. The van der Waals surface area contributed by atoms with E-state index in [-0.39, 0.29) is 19.2 Å². The zero-order valence-electron chi connectivity index (χ0n) is 39.9. The van der Waals surface area contributed by atoms with Gasteiger partial charge in [-0.1, -0.05) is 210 Å². The van der Waals surface area contributed by atoms with Crippen molar-refractivity contribution in [1.82, 2.24) is 0 Å². The van der Waals surface area contributed by atoms with Crippen LogP contribution in [0.1, 0.15) is 219 Å². The third-order valence-corrected chi connectivity index (χ3v) is 11.8. The molecule has 362 valence electrons. The molecule has 9 heteroatoms. The highest BCUT2D eigenvalue weighted by Gasteiger charge is 2.44. The van der Waals surface area contributed by atoms with E-state index in [0.717, 1.165) is 64.2 Å². The highest BCUT2D eigenvalue weighted by Crippen LogP contribution is 2.23. The monoisotopic (exact) mass is 877 g/mol. The van der Waals surface area contributed by atoms with Crippen molar-refractivity contribution in [2.75, 3.05) is 26.4 Å². The van der Waals surface area contributed by atoms with Crippen LogP contribution in [0.4, 0.5) is 0 Å². The molecule has 9 nitrogen and oxygen atoms in total. The second kappa shape index (κ2) is 44.4. The minimum absolute atomic E-state index is 0.114. The molecule has 0 bridgehead atoms. The molecule has 1 saturated heterocycles. The molecule has 4 N–H and O–H groups in total. The molecule has 0 saturated carbocycles. The Kier molecular flexibility index (Phi) is 41.6. The Balaban J connectivity index is 2.20. The lowest BCUT2D eigenvalue weighted by Gasteiger charge is -2.39. The van der Waals surface area contributed by atoms with E-state index in [0.29, 0.717) is 13.0 Å². The topological polar surface area (TPSA) is 135 Å². The van der Waals surface area contributed by atoms with Crippen molar-refractivity contribution < 1.29 is 44.2 Å². The van der Waals surface area contributed by atoms with Crippen LogP contribution < -0.4 is 0 Å². The summed E-state index contributed by atoms with van der Waals surface area (Å²) >= 11 is 0.